The number of hydrogen-bond donors (Lipinski definition) is 1. The van der Waals surface area contributed by atoms with Crippen molar-refractivity contribution in [3.05, 3.63) is 96.5 Å². The van der Waals surface area contributed by atoms with Crippen LogP contribution < -0.4 is 9.62 Å². The van der Waals surface area contributed by atoms with Crippen molar-refractivity contribution < 1.29 is 17.6 Å². The number of sulfonamides is 1. The van der Waals surface area contributed by atoms with Gasteiger partial charge in [0.25, 0.3) is 15.9 Å². The molecule has 1 N–H and O–H groups in total. The fourth-order valence-electron chi connectivity index (χ4n) is 3.11. The summed E-state index contributed by atoms with van der Waals surface area (Å²) in [5, 5.41) is 2.82. The van der Waals surface area contributed by atoms with E-state index in [1.54, 1.807) is 66.9 Å². The van der Waals surface area contributed by atoms with Crippen LogP contribution in [0.15, 0.2) is 94.7 Å². The van der Waals surface area contributed by atoms with Crippen molar-refractivity contribution in [3.63, 3.8) is 0 Å². The van der Waals surface area contributed by atoms with Gasteiger partial charge < -0.3 is 9.73 Å². The van der Waals surface area contributed by atoms with E-state index in [1.165, 1.54) is 17.7 Å². The van der Waals surface area contributed by atoms with Crippen molar-refractivity contribution >= 4 is 27.3 Å². The summed E-state index contributed by atoms with van der Waals surface area (Å²) in [5.41, 5.74) is 3.33. The second-order valence-corrected chi connectivity index (χ2v) is 9.20. The van der Waals surface area contributed by atoms with E-state index >= 15 is 0 Å². The number of hydrogen-bond acceptors (Lipinski definition) is 5. The van der Waals surface area contributed by atoms with Gasteiger partial charge in [-0.25, -0.2) is 13.4 Å². The predicted molar refractivity (Wildman–Crippen MR) is 123 cm³/mol. The molecule has 0 saturated heterocycles. The lowest BCUT2D eigenvalue weighted by molar-refractivity contribution is 0.102. The molecule has 0 radical (unpaired) electrons. The van der Waals surface area contributed by atoms with Crippen molar-refractivity contribution in [2.75, 3.05) is 16.7 Å². The van der Waals surface area contributed by atoms with Crippen LogP contribution in [0.5, 0.6) is 0 Å². The molecular weight excluding hydrogens is 426 g/mol. The maximum Gasteiger partial charge on any atom is 0.264 e. The molecule has 0 aliphatic carbocycles. The Morgan fingerprint density at radius 3 is 2.19 bits per heavy atom. The predicted octanol–water partition coefficient (Wildman–Crippen LogP) is 4.73. The van der Waals surface area contributed by atoms with Crippen LogP contribution in [0.2, 0.25) is 0 Å². The minimum absolute atomic E-state index is 0.209. The normalized spacial score (nSPS) is 11.2. The summed E-state index contributed by atoms with van der Waals surface area (Å²) in [5.74, 6) is 0.344. The molecule has 7 nitrogen and oxygen atoms in total. The minimum Gasteiger partial charge on any atom is -0.444 e. The summed E-state index contributed by atoms with van der Waals surface area (Å²) in [7, 11) is -2.21. The Morgan fingerprint density at radius 2 is 1.59 bits per heavy atom. The van der Waals surface area contributed by atoms with E-state index in [4.69, 9.17) is 4.42 Å². The first-order valence-electron chi connectivity index (χ1n) is 9.80. The van der Waals surface area contributed by atoms with Crippen LogP contribution in [-0.4, -0.2) is 26.4 Å². The molecule has 4 aromatic rings. The highest BCUT2D eigenvalue weighted by Gasteiger charge is 2.21. The van der Waals surface area contributed by atoms with E-state index in [9.17, 15) is 13.2 Å². The standard InChI is InChI=1S/C24H21N3O4S/c1-17-3-13-22(14-4-17)32(29,30)27(2)21-11-7-19(8-12-21)24(28)26-20-9-5-18(6-10-20)23-15-25-16-31-23/h3-16H,1-2H3,(H,26,28). The van der Waals surface area contributed by atoms with Crippen molar-refractivity contribution in [2.45, 2.75) is 11.8 Å². The van der Waals surface area contributed by atoms with Crippen molar-refractivity contribution in [3.8, 4) is 11.3 Å². The van der Waals surface area contributed by atoms with E-state index < -0.39 is 10.0 Å². The molecule has 1 heterocycles. The summed E-state index contributed by atoms with van der Waals surface area (Å²) in [4.78, 5) is 16.7. The molecular formula is C24H21N3O4S. The Morgan fingerprint density at radius 1 is 0.938 bits per heavy atom. The highest BCUT2D eigenvalue weighted by atomic mass is 32.2. The molecule has 3 aromatic carbocycles. The van der Waals surface area contributed by atoms with Crippen LogP contribution in [-0.2, 0) is 10.0 Å². The summed E-state index contributed by atoms with van der Waals surface area (Å²) >= 11 is 0. The lowest BCUT2D eigenvalue weighted by Crippen LogP contribution is -2.26. The Labute approximate surface area is 186 Å². The summed E-state index contributed by atoms with van der Waals surface area (Å²) in [6.45, 7) is 1.90. The third-order valence-corrected chi connectivity index (χ3v) is 6.83. The lowest BCUT2D eigenvalue weighted by Gasteiger charge is -2.20. The highest BCUT2D eigenvalue weighted by molar-refractivity contribution is 7.92. The number of benzene rings is 3. The third-order valence-electron chi connectivity index (χ3n) is 5.03. The number of carbonyl (C=O) groups is 1. The summed E-state index contributed by atoms with van der Waals surface area (Å²) < 4.78 is 32.2. The van der Waals surface area contributed by atoms with E-state index in [0.29, 0.717) is 22.7 Å². The van der Waals surface area contributed by atoms with Gasteiger partial charge in [0.05, 0.1) is 16.8 Å². The minimum atomic E-state index is -3.69. The number of carbonyl (C=O) groups excluding carboxylic acids is 1. The number of aromatic nitrogens is 1. The average molecular weight is 448 g/mol. The van der Waals surface area contributed by atoms with Gasteiger partial charge in [-0.1, -0.05) is 17.7 Å². The van der Waals surface area contributed by atoms with E-state index in [0.717, 1.165) is 11.1 Å². The average Bonchev–Trinajstić information content (AvgIpc) is 3.34. The molecule has 1 aromatic heterocycles. The van der Waals surface area contributed by atoms with E-state index in [-0.39, 0.29) is 10.8 Å². The molecule has 0 atom stereocenters. The highest BCUT2D eigenvalue weighted by Crippen LogP contribution is 2.24. The van der Waals surface area contributed by atoms with Gasteiger partial charge in [-0.15, -0.1) is 0 Å². The Kier molecular flexibility index (Phi) is 5.79. The quantitative estimate of drug-likeness (QED) is 0.461. The van der Waals surface area contributed by atoms with Crippen LogP contribution in [0.1, 0.15) is 15.9 Å². The van der Waals surface area contributed by atoms with Gasteiger partial charge in [-0.2, -0.15) is 0 Å². The van der Waals surface area contributed by atoms with Gasteiger partial charge in [0.15, 0.2) is 12.2 Å². The van der Waals surface area contributed by atoms with E-state index in [2.05, 4.69) is 10.3 Å². The molecule has 0 fully saturated rings. The first-order valence-corrected chi connectivity index (χ1v) is 11.2. The maximum atomic E-state index is 12.9. The van der Waals surface area contributed by atoms with Gasteiger partial charge in [0.2, 0.25) is 0 Å². The van der Waals surface area contributed by atoms with Crippen molar-refractivity contribution in [1.29, 1.82) is 0 Å². The van der Waals surface area contributed by atoms with E-state index in [1.807, 2.05) is 19.1 Å². The van der Waals surface area contributed by atoms with Gasteiger partial charge in [0, 0.05) is 23.9 Å². The zero-order valence-corrected chi connectivity index (χ0v) is 18.3. The molecule has 0 aliphatic rings. The smallest absolute Gasteiger partial charge is 0.264 e. The third kappa shape index (κ3) is 4.40. The monoisotopic (exact) mass is 447 g/mol. The topological polar surface area (TPSA) is 92.5 Å². The molecule has 0 saturated carbocycles. The first kappa shape index (κ1) is 21.3. The molecule has 0 spiro atoms. The SMILES string of the molecule is Cc1ccc(S(=O)(=O)N(C)c2ccc(C(=O)Nc3ccc(-c4cnco4)cc3)cc2)cc1. The molecule has 32 heavy (non-hydrogen) atoms. The zero-order chi connectivity index (χ0) is 22.7. The summed E-state index contributed by atoms with van der Waals surface area (Å²) in [6.07, 6.45) is 2.98. The molecule has 0 aliphatic heterocycles. The van der Waals surface area contributed by atoms with Crippen LogP contribution in [0.25, 0.3) is 11.3 Å². The number of anilines is 2. The number of amides is 1. The fourth-order valence-corrected chi connectivity index (χ4v) is 4.30. The lowest BCUT2D eigenvalue weighted by atomic mass is 10.1. The Balaban J connectivity index is 1.46. The van der Waals surface area contributed by atoms with Crippen molar-refractivity contribution in [1.82, 2.24) is 4.98 Å². The van der Waals surface area contributed by atoms with Crippen LogP contribution >= 0.6 is 0 Å². The maximum absolute atomic E-state index is 12.9. The number of nitrogens with one attached hydrogen (secondary N) is 1. The molecule has 0 bridgehead atoms. The Bertz CT molecular complexity index is 1310. The fraction of sp³-hybridized carbons (Fsp3) is 0.0833. The number of oxazole rings is 1. The molecule has 4 rings (SSSR count). The number of rotatable bonds is 6. The zero-order valence-electron chi connectivity index (χ0n) is 17.5. The second-order valence-electron chi connectivity index (χ2n) is 7.23. The van der Waals surface area contributed by atoms with Crippen molar-refractivity contribution in [2.24, 2.45) is 0 Å². The van der Waals surface area contributed by atoms with Crippen LogP contribution in [0.4, 0.5) is 11.4 Å². The largest absolute Gasteiger partial charge is 0.444 e. The summed E-state index contributed by atoms with van der Waals surface area (Å²) in [6, 6.07) is 20.3. The number of nitrogens with zero attached hydrogens (tertiary/aromatic N) is 2. The van der Waals surface area contributed by atoms with Gasteiger partial charge in [0.1, 0.15) is 0 Å². The van der Waals surface area contributed by atoms with Gasteiger partial charge >= 0.3 is 0 Å². The van der Waals surface area contributed by atoms with Gasteiger partial charge in [-0.05, 0) is 67.6 Å². The van der Waals surface area contributed by atoms with Gasteiger partial charge in [-0.3, -0.25) is 9.10 Å². The molecule has 162 valence electrons. The second kappa shape index (κ2) is 8.68. The molecule has 1 amide bonds. The first-order chi connectivity index (χ1) is 15.3. The Hall–Kier alpha value is -3.91. The number of aryl methyl sites for hydroxylation is 1. The molecule has 8 heteroatoms. The van der Waals surface area contributed by atoms with Crippen LogP contribution in [0, 0.1) is 6.92 Å². The van der Waals surface area contributed by atoms with Crippen LogP contribution in [0.3, 0.4) is 0 Å². The molecule has 0 unspecified atom stereocenters.